The maximum Gasteiger partial charge on any atom is 0.159 e. The van der Waals surface area contributed by atoms with Crippen LogP contribution in [0.5, 0.6) is 0 Å². The van der Waals surface area contributed by atoms with Gasteiger partial charge in [-0.05, 0) is 25.8 Å². The molecular weight excluding hydrogens is 196 g/mol. The fraction of sp³-hybridized carbons (Fsp3) is 0.286. The van der Waals surface area contributed by atoms with Gasteiger partial charge in [-0.3, -0.25) is 0 Å². The molecule has 0 amide bonds. The van der Waals surface area contributed by atoms with Crippen molar-refractivity contribution in [1.29, 1.82) is 0 Å². The summed E-state index contributed by atoms with van der Waals surface area (Å²) in [5.74, 6) is 0.834. The largest absolute Gasteiger partial charge is 0.233 e. The predicted molar refractivity (Wildman–Crippen MR) is 66.3 cm³/mol. The minimum Gasteiger partial charge on any atom is -0.233 e. The second-order valence-corrected chi connectivity index (χ2v) is 3.92. The zero-order chi connectivity index (χ0) is 11.5. The van der Waals surface area contributed by atoms with Crippen LogP contribution >= 0.6 is 0 Å². The Labute approximate surface area is 96.4 Å². The van der Waals surface area contributed by atoms with E-state index in [0.717, 1.165) is 29.2 Å². The summed E-state index contributed by atoms with van der Waals surface area (Å²) in [7, 11) is 0. The molecule has 2 rings (SSSR count). The molecule has 0 aliphatic rings. The fourth-order valence-electron chi connectivity index (χ4n) is 1.75. The van der Waals surface area contributed by atoms with Gasteiger partial charge in [0.25, 0.3) is 0 Å². The third-order valence-electron chi connectivity index (χ3n) is 2.86. The summed E-state index contributed by atoms with van der Waals surface area (Å²) in [6.45, 7) is 6.26. The molecule has 0 saturated carbocycles. The van der Waals surface area contributed by atoms with Crippen LogP contribution in [0.4, 0.5) is 0 Å². The molecule has 0 bridgehead atoms. The van der Waals surface area contributed by atoms with Crippen molar-refractivity contribution >= 4 is 0 Å². The van der Waals surface area contributed by atoms with Gasteiger partial charge in [0.1, 0.15) is 0 Å². The van der Waals surface area contributed by atoms with Crippen molar-refractivity contribution in [3.63, 3.8) is 0 Å². The van der Waals surface area contributed by atoms with Crippen LogP contribution in [0.1, 0.15) is 23.9 Å². The smallest absolute Gasteiger partial charge is 0.159 e. The third kappa shape index (κ3) is 1.96. The molecule has 0 fully saturated rings. The lowest BCUT2D eigenvalue weighted by Gasteiger charge is -2.08. The van der Waals surface area contributed by atoms with E-state index in [1.54, 1.807) is 0 Å². The molecule has 0 atom stereocenters. The van der Waals surface area contributed by atoms with Crippen LogP contribution in [0.3, 0.4) is 0 Å². The van der Waals surface area contributed by atoms with Crippen molar-refractivity contribution in [2.45, 2.75) is 27.2 Å². The molecule has 0 aliphatic carbocycles. The average molecular weight is 212 g/mol. The van der Waals surface area contributed by atoms with Gasteiger partial charge in [0.2, 0.25) is 0 Å². The second kappa shape index (κ2) is 4.44. The molecule has 82 valence electrons. The number of nitrogens with zero attached hydrogens (tertiary/aromatic N) is 2. The highest BCUT2D eigenvalue weighted by atomic mass is 14.9. The van der Waals surface area contributed by atoms with Crippen LogP contribution in [0.25, 0.3) is 11.4 Å². The van der Waals surface area contributed by atoms with Crippen LogP contribution < -0.4 is 0 Å². The molecule has 0 saturated heterocycles. The molecule has 2 heteroatoms. The summed E-state index contributed by atoms with van der Waals surface area (Å²) in [6.07, 6.45) is 0.953. The molecule has 0 spiro atoms. The van der Waals surface area contributed by atoms with Crippen molar-refractivity contribution in [2.24, 2.45) is 0 Å². The molecule has 1 aromatic heterocycles. The lowest BCUT2D eigenvalue weighted by atomic mass is 10.1. The van der Waals surface area contributed by atoms with Crippen molar-refractivity contribution in [3.05, 3.63) is 47.3 Å². The number of hydrogen-bond acceptors (Lipinski definition) is 2. The molecule has 2 nitrogen and oxygen atoms in total. The van der Waals surface area contributed by atoms with Gasteiger partial charge in [-0.15, -0.1) is 0 Å². The highest BCUT2D eigenvalue weighted by Crippen LogP contribution is 2.18. The monoisotopic (exact) mass is 212 g/mol. The Morgan fingerprint density at radius 3 is 2.31 bits per heavy atom. The summed E-state index contributed by atoms with van der Waals surface area (Å²) in [5, 5.41) is 0. The van der Waals surface area contributed by atoms with Gasteiger partial charge in [-0.25, -0.2) is 9.97 Å². The highest BCUT2D eigenvalue weighted by Gasteiger charge is 2.07. The molecule has 16 heavy (non-hydrogen) atoms. The van der Waals surface area contributed by atoms with Crippen LogP contribution in [-0.2, 0) is 6.42 Å². The van der Waals surface area contributed by atoms with E-state index in [0.29, 0.717) is 0 Å². The molecule has 1 heterocycles. The van der Waals surface area contributed by atoms with Gasteiger partial charge in [-0.2, -0.15) is 0 Å². The first kappa shape index (κ1) is 10.8. The van der Waals surface area contributed by atoms with Crippen molar-refractivity contribution in [2.75, 3.05) is 0 Å². The minimum absolute atomic E-state index is 0.834. The SMILES string of the molecule is CCc1nc(-c2ccccc2)nc(C)c1C. The van der Waals surface area contributed by atoms with E-state index in [2.05, 4.69) is 23.8 Å². The van der Waals surface area contributed by atoms with Gasteiger partial charge in [0.05, 0.1) is 0 Å². The number of aryl methyl sites for hydroxylation is 2. The van der Waals surface area contributed by atoms with E-state index < -0.39 is 0 Å². The Balaban J connectivity index is 2.55. The van der Waals surface area contributed by atoms with E-state index in [1.807, 2.05) is 37.3 Å². The standard InChI is InChI=1S/C14H16N2/c1-4-13-10(2)11(3)15-14(16-13)12-8-6-5-7-9-12/h5-9H,4H2,1-3H3. The first-order valence-electron chi connectivity index (χ1n) is 5.62. The van der Waals surface area contributed by atoms with E-state index in [9.17, 15) is 0 Å². The maximum atomic E-state index is 4.61. The van der Waals surface area contributed by atoms with Crippen molar-refractivity contribution in [3.8, 4) is 11.4 Å². The van der Waals surface area contributed by atoms with E-state index >= 15 is 0 Å². The number of hydrogen-bond donors (Lipinski definition) is 0. The average Bonchev–Trinajstić information content (AvgIpc) is 2.33. The zero-order valence-corrected chi connectivity index (χ0v) is 9.99. The third-order valence-corrected chi connectivity index (χ3v) is 2.86. The number of rotatable bonds is 2. The van der Waals surface area contributed by atoms with E-state index in [-0.39, 0.29) is 0 Å². The Kier molecular flexibility index (Phi) is 3.00. The molecule has 0 aliphatic heterocycles. The normalized spacial score (nSPS) is 10.4. The Morgan fingerprint density at radius 1 is 1.00 bits per heavy atom. The summed E-state index contributed by atoms with van der Waals surface area (Å²) in [4.78, 5) is 9.15. The van der Waals surface area contributed by atoms with Crippen LogP contribution in [-0.4, -0.2) is 9.97 Å². The van der Waals surface area contributed by atoms with Crippen LogP contribution in [0.2, 0.25) is 0 Å². The molecule has 0 N–H and O–H groups in total. The van der Waals surface area contributed by atoms with Gasteiger partial charge < -0.3 is 0 Å². The molecule has 0 radical (unpaired) electrons. The van der Waals surface area contributed by atoms with Gasteiger partial charge in [-0.1, -0.05) is 37.3 Å². The predicted octanol–water partition coefficient (Wildman–Crippen LogP) is 3.32. The lowest BCUT2D eigenvalue weighted by molar-refractivity contribution is 0.951. The highest BCUT2D eigenvalue weighted by molar-refractivity contribution is 5.55. The van der Waals surface area contributed by atoms with Gasteiger partial charge in [0, 0.05) is 17.0 Å². The van der Waals surface area contributed by atoms with E-state index in [1.165, 1.54) is 5.56 Å². The van der Waals surface area contributed by atoms with Gasteiger partial charge >= 0.3 is 0 Å². The van der Waals surface area contributed by atoms with E-state index in [4.69, 9.17) is 0 Å². The summed E-state index contributed by atoms with van der Waals surface area (Å²) >= 11 is 0. The number of aromatic nitrogens is 2. The molecule has 1 aromatic carbocycles. The van der Waals surface area contributed by atoms with Gasteiger partial charge in [0.15, 0.2) is 5.82 Å². The van der Waals surface area contributed by atoms with Crippen LogP contribution in [0.15, 0.2) is 30.3 Å². The quantitative estimate of drug-likeness (QED) is 0.763. The first-order chi connectivity index (χ1) is 7.72. The first-order valence-corrected chi connectivity index (χ1v) is 5.62. The Bertz CT molecular complexity index is 490. The summed E-state index contributed by atoms with van der Waals surface area (Å²) in [5.41, 5.74) is 4.51. The van der Waals surface area contributed by atoms with Crippen molar-refractivity contribution < 1.29 is 0 Å². The Hall–Kier alpha value is -1.70. The minimum atomic E-state index is 0.834. The van der Waals surface area contributed by atoms with Crippen molar-refractivity contribution in [1.82, 2.24) is 9.97 Å². The zero-order valence-electron chi connectivity index (χ0n) is 9.99. The van der Waals surface area contributed by atoms with Crippen LogP contribution in [0, 0.1) is 13.8 Å². The second-order valence-electron chi connectivity index (χ2n) is 3.92. The Morgan fingerprint density at radius 2 is 1.69 bits per heavy atom. The fourth-order valence-corrected chi connectivity index (χ4v) is 1.75. The summed E-state index contributed by atoms with van der Waals surface area (Å²) in [6, 6.07) is 10.1. The number of benzene rings is 1. The topological polar surface area (TPSA) is 25.8 Å². The molecule has 0 unspecified atom stereocenters. The lowest BCUT2D eigenvalue weighted by Crippen LogP contribution is -2.01. The molecule has 2 aromatic rings. The summed E-state index contributed by atoms with van der Waals surface area (Å²) < 4.78 is 0. The molecular formula is C14H16N2. The maximum absolute atomic E-state index is 4.61.